The lowest BCUT2D eigenvalue weighted by Crippen LogP contribution is -2.54. The monoisotopic (exact) mass is 341 g/mol. The third-order valence-electron chi connectivity index (χ3n) is 4.69. The van der Waals surface area contributed by atoms with Crippen molar-refractivity contribution in [1.29, 1.82) is 0 Å². The Kier molecular flexibility index (Phi) is 4.90. The van der Waals surface area contributed by atoms with Gasteiger partial charge in [0.25, 0.3) is 5.91 Å². The lowest BCUT2D eigenvalue weighted by molar-refractivity contribution is -0.127. The molecule has 0 saturated carbocycles. The lowest BCUT2D eigenvalue weighted by Gasteiger charge is -2.34. The summed E-state index contributed by atoms with van der Waals surface area (Å²) in [7, 11) is 0. The van der Waals surface area contributed by atoms with Crippen molar-refractivity contribution in [2.45, 2.75) is 31.3 Å². The van der Waals surface area contributed by atoms with Gasteiger partial charge in [0.2, 0.25) is 5.91 Å². The van der Waals surface area contributed by atoms with E-state index in [0.717, 1.165) is 5.56 Å². The third-order valence-corrected chi connectivity index (χ3v) is 4.69. The van der Waals surface area contributed by atoms with Crippen LogP contribution in [0.1, 0.15) is 35.9 Å². The van der Waals surface area contributed by atoms with Crippen molar-refractivity contribution >= 4 is 11.8 Å². The highest BCUT2D eigenvalue weighted by Crippen LogP contribution is 2.20. The molecule has 1 atom stereocenters. The SMILES string of the molecule is CC(N)(C(=O)NC1CCN(C(=O)c2ccco2)CC1)c1ccccc1. The van der Waals surface area contributed by atoms with Crippen molar-refractivity contribution in [2.75, 3.05) is 13.1 Å². The van der Waals surface area contributed by atoms with Gasteiger partial charge >= 0.3 is 0 Å². The molecule has 1 aliphatic heterocycles. The first-order valence-electron chi connectivity index (χ1n) is 8.46. The number of benzene rings is 1. The maximum atomic E-state index is 12.6. The molecule has 2 aromatic rings. The molecule has 132 valence electrons. The van der Waals surface area contributed by atoms with E-state index in [1.54, 1.807) is 24.0 Å². The average Bonchev–Trinajstić information content (AvgIpc) is 3.17. The largest absolute Gasteiger partial charge is 0.459 e. The molecule has 6 nitrogen and oxygen atoms in total. The second kappa shape index (κ2) is 7.11. The molecule has 0 radical (unpaired) electrons. The van der Waals surface area contributed by atoms with Crippen LogP contribution in [-0.2, 0) is 10.3 Å². The summed E-state index contributed by atoms with van der Waals surface area (Å²) in [5, 5.41) is 3.03. The van der Waals surface area contributed by atoms with E-state index in [2.05, 4.69) is 5.32 Å². The Morgan fingerprint density at radius 1 is 1.16 bits per heavy atom. The molecule has 0 bridgehead atoms. The summed E-state index contributed by atoms with van der Waals surface area (Å²) in [6.07, 6.45) is 2.89. The standard InChI is InChI=1S/C19H23N3O3/c1-19(20,14-6-3-2-4-7-14)18(24)21-15-9-11-22(12-10-15)17(23)16-8-5-13-25-16/h2-8,13,15H,9-12,20H2,1H3,(H,21,24). The van der Waals surface area contributed by atoms with Crippen LogP contribution >= 0.6 is 0 Å². The number of rotatable bonds is 4. The van der Waals surface area contributed by atoms with Crippen LogP contribution in [0.3, 0.4) is 0 Å². The highest BCUT2D eigenvalue weighted by molar-refractivity contribution is 5.91. The van der Waals surface area contributed by atoms with Gasteiger partial charge in [-0.25, -0.2) is 0 Å². The maximum absolute atomic E-state index is 12.6. The van der Waals surface area contributed by atoms with Crippen molar-refractivity contribution in [3.8, 4) is 0 Å². The minimum absolute atomic E-state index is 0.0136. The molecule has 1 aromatic carbocycles. The molecule has 1 unspecified atom stereocenters. The number of amides is 2. The fraction of sp³-hybridized carbons (Fsp3) is 0.368. The van der Waals surface area contributed by atoms with E-state index in [0.29, 0.717) is 31.7 Å². The Labute approximate surface area is 147 Å². The number of nitrogens with zero attached hydrogens (tertiary/aromatic N) is 1. The molecule has 0 spiro atoms. The van der Waals surface area contributed by atoms with Crippen LogP contribution in [0.4, 0.5) is 0 Å². The number of piperidine rings is 1. The summed E-state index contributed by atoms with van der Waals surface area (Å²) < 4.78 is 5.16. The molecular weight excluding hydrogens is 318 g/mol. The number of carbonyl (C=O) groups is 2. The average molecular weight is 341 g/mol. The first kappa shape index (κ1) is 17.2. The van der Waals surface area contributed by atoms with Gasteiger partial charge in [-0.05, 0) is 37.5 Å². The van der Waals surface area contributed by atoms with Crippen LogP contribution in [0, 0.1) is 0 Å². The van der Waals surface area contributed by atoms with Gasteiger partial charge < -0.3 is 20.4 Å². The van der Waals surface area contributed by atoms with E-state index in [1.165, 1.54) is 6.26 Å². The first-order chi connectivity index (χ1) is 12.0. The Morgan fingerprint density at radius 2 is 1.84 bits per heavy atom. The van der Waals surface area contributed by atoms with Gasteiger partial charge in [0.05, 0.1) is 6.26 Å². The van der Waals surface area contributed by atoms with E-state index < -0.39 is 5.54 Å². The van der Waals surface area contributed by atoms with E-state index in [4.69, 9.17) is 10.2 Å². The van der Waals surface area contributed by atoms with Gasteiger partial charge in [0.15, 0.2) is 5.76 Å². The minimum Gasteiger partial charge on any atom is -0.459 e. The Balaban J connectivity index is 1.55. The zero-order chi connectivity index (χ0) is 17.9. The number of hydrogen-bond acceptors (Lipinski definition) is 4. The topological polar surface area (TPSA) is 88.6 Å². The molecule has 1 saturated heterocycles. The van der Waals surface area contributed by atoms with Crippen molar-refractivity contribution in [2.24, 2.45) is 5.73 Å². The van der Waals surface area contributed by atoms with Crippen LogP contribution in [0.25, 0.3) is 0 Å². The van der Waals surface area contributed by atoms with Crippen LogP contribution in [0.5, 0.6) is 0 Å². The molecule has 2 amide bonds. The smallest absolute Gasteiger partial charge is 0.289 e. The van der Waals surface area contributed by atoms with Gasteiger partial charge in [0.1, 0.15) is 5.54 Å². The number of furan rings is 1. The number of carbonyl (C=O) groups excluding carboxylic acids is 2. The quantitative estimate of drug-likeness (QED) is 0.888. The maximum Gasteiger partial charge on any atom is 0.289 e. The predicted octanol–water partition coefficient (Wildman–Crippen LogP) is 1.87. The Morgan fingerprint density at radius 3 is 2.44 bits per heavy atom. The van der Waals surface area contributed by atoms with Gasteiger partial charge in [-0.3, -0.25) is 9.59 Å². The predicted molar refractivity (Wildman–Crippen MR) is 93.8 cm³/mol. The second-order valence-corrected chi connectivity index (χ2v) is 6.59. The number of likely N-dealkylation sites (tertiary alicyclic amines) is 1. The zero-order valence-electron chi connectivity index (χ0n) is 14.3. The van der Waals surface area contributed by atoms with Crippen molar-refractivity contribution in [3.63, 3.8) is 0 Å². The molecule has 3 N–H and O–H groups in total. The van der Waals surface area contributed by atoms with Gasteiger partial charge in [-0.15, -0.1) is 0 Å². The molecule has 1 aromatic heterocycles. The summed E-state index contributed by atoms with van der Waals surface area (Å²) in [6, 6.07) is 12.7. The first-order valence-corrected chi connectivity index (χ1v) is 8.46. The molecule has 2 heterocycles. The summed E-state index contributed by atoms with van der Waals surface area (Å²) in [5.74, 6) is 0.0401. The van der Waals surface area contributed by atoms with Crippen molar-refractivity contribution in [1.82, 2.24) is 10.2 Å². The molecule has 1 aliphatic rings. The van der Waals surface area contributed by atoms with E-state index in [9.17, 15) is 9.59 Å². The highest BCUT2D eigenvalue weighted by Gasteiger charge is 2.33. The Bertz CT molecular complexity index is 718. The van der Waals surface area contributed by atoms with Crippen LogP contribution < -0.4 is 11.1 Å². The Hall–Kier alpha value is -2.60. The molecule has 3 rings (SSSR count). The molecule has 0 aliphatic carbocycles. The van der Waals surface area contributed by atoms with Crippen LogP contribution in [-0.4, -0.2) is 35.8 Å². The van der Waals surface area contributed by atoms with E-state index in [1.807, 2.05) is 30.3 Å². The second-order valence-electron chi connectivity index (χ2n) is 6.59. The molecule has 25 heavy (non-hydrogen) atoms. The lowest BCUT2D eigenvalue weighted by atomic mass is 9.91. The highest BCUT2D eigenvalue weighted by atomic mass is 16.3. The molecular formula is C19H23N3O3. The number of nitrogens with one attached hydrogen (secondary N) is 1. The van der Waals surface area contributed by atoms with E-state index in [-0.39, 0.29) is 17.9 Å². The van der Waals surface area contributed by atoms with Gasteiger partial charge in [0, 0.05) is 19.1 Å². The van der Waals surface area contributed by atoms with Crippen molar-refractivity contribution in [3.05, 3.63) is 60.1 Å². The number of nitrogens with two attached hydrogens (primary N) is 1. The minimum atomic E-state index is -1.08. The third kappa shape index (κ3) is 3.74. The van der Waals surface area contributed by atoms with Crippen molar-refractivity contribution < 1.29 is 14.0 Å². The van der Waals surface area contributed by atoms with Crippen LogP contribution in [0.2, 0.25) is 0 Å². The molecule has 6 heteroatoms. The summed E-state index contributed by atoms with van der Waals surface area (Å²) >= 11 is 0. The van der Waals surface area contributed by atoms with Crippen LogP contribution in [0.15, 0.2) is 53.1 Å². The summed E-state index contributed by atoms with van der Waals surface area (Å²) in [4.78, 5) is 26.6. The normalized spacial score (nSPS) is 17.8. The fourth-order valence-corrected chi connectivity index (χ4v) is 3.03. The molecule has 1 fully saturated rings. The summed E-state index contributed by atoms with van der Waals surface area (Å²) in [6.45, 7) is 2.88. The van der Waals surface area contributed by atoms with E-state index >= 15 is 0 Å². The number of hydrogen-bond donors (Lipinski definition) is 2. The van der Waals surface area contributed by atoms with Gasteiger partial charge in [-0.2, -0.15) is 0 Å². The zero-order valence-corrected chi connectivity index (χ0v) is 14.3. The fourth-order valence-electron chi connectivity index (χ4n) is 3.03. The van der Waals surface area contributed by atoms with Gasteiger partial charge in [-0.1, -0.05) is 30.3 Å². The summed E-state index contributed by atoms with van der Waals surface area (Å²) in [5.41, 5.74) is 5.94.